The van der Waals surface area contributed by atoms with Gasteiger partial charge in [-0.2, -0.15) is 0 Å². The highest BCUT2D eigenvalue weighted by atomic mass is 35.5. The minimum atomic E-state index is -0.245. The molecule has 1 aromatic rings. The average molecular weight is 342 g/mol. The summed E-state index contributed by atoms with van der Waals surface area (Å²) in [5.41, 5.74) is 1.14. The third-order valence-electron chi connectivity index (χ3n) is 4.72. The SMILES string of the molecule is CC1(CN2CCN(Cc3cccc(F)c3)C(=O)C2)CCNC1.Cl. The molecular formula is C17H25ClFN3O. The van der Waals surface area contributed by atoms with Crippen LogP contribution >= 0.6 is 12.4 Å². The maximum atomic E-state index is 13.2. The molecule has 128 valence electrons. The Labute approximate surface area is 143 Å². The van der Waals surface area contributed by atoms with E-state index in [4.69, 9.17) is 0 Å². The third-order valence-corrected chi connectivity index (χ3v) is 4.72. The summed E-state index contributed by atoms with van der Waals surface area (Å²) in [6, 6.07) is 6.50. The first-order valence-corrected chi connectivity index (χ1v) is 7.99. The Bertz CT molecular complexity index is 548. The molecule has 0 bridgehead atoms. The van der Waals surface area contributed by atoms with Crippen molar-refractivity contribution in [3.05, 3.63) is 35.6 Å². The van der Waals surface area contributed by atoms with Crippen molar-refractivity contribution in [2.75, 3.05) is 39.3 Å². The summed E-state index contributed by atoms with van der Waals surface area (Å²) in [7, 11) is 0. The molecule has 2 aliphatic rings. The quantitative estimate of drug-likeness (QED) is 0.908. The minimum absolute atomic E-state index is 0. The largest absolute Gasteiger partial charge is 0.336 e. The van der Waals surface area contributed by atoms with Crippen LogP contribution in [0.3, 0.4) is 0 Å². The molecule has 2 saturated heterocycles. The van der Waals surface area contributed by atoms with Gasteiger partial charge in [-0.3, -0.25) is 9.69 Å². The van der Waals surface area contributed by atoms with E-state index in [1.165, 1.54) is 18.6 Å². The Kier molecular flexibility index (Phi) is 6.00. The van der Waals surface area contributed by atoms with Gasteiger partial charge in [-0.15, -0.1) is 12.4 Å². The van der Waals surface area contributed by atoms with E-state index in [2.05, 4.69) is 17.1 Å². The van der Waals surface area contributed by atoms with Crippen LogP contribution in [0, 0.1) is 11.2 Å². The number of amides is 1. The predicted molar refractivity (Wildman–Crippen MR) is 91.1 cm³/mol. The van der Waals surface area contributed by atoms with Crippen molar-refractivity contribution < 1.29 is 9.18 Å². The first kappa shape index (κ1) is 18.2. The van der Waals surface area contributed by atoms with Crippen molar-refractivity contribution in [1.29, 1.82) is 0 Å². The van der Waals surface area contributed by atoms with Crippen molar-refractivity contribution in [3.8, 4) is 0 Å². The first-order valence-electron chi connectivity index (χ1n) is 7.99. The number of benzene rings is 1. The summed E-state index contributed by atoms with van der Waals surface area (Å²) in [5.74, 6) is -0.102. The highest BCUT2D eigenvalue weighted by Crippen LogP contribution is 2.26. The molecule has 6 heteroatoms. The molecular weight excluding hydrogens is 317 g/mol. The summed E-state index contributed by atoms with van der Waals surface area (Å²) >= 11 is 0. The van der Waals surface area contributed by atoms with Crippen LogP contribution in [0.5, 0.6) is 0 Å². The fourth-order valence-electron chi connectivity index (χ4n) is 3.46. The van der Waals surface area contributed by atoms with Crippen molar-refractivity contribution in [3.63, 3.8) is 0 Å². The maximum absolute atomic E-state index is 13.2. The van der Waals surface area contributed by atoms with Crippen LogP contribution in [0.25, 0.3) is 0 Å². The van der Waals surface area contributed by atoms with Crippen LogP contribution in [0.1, 0.15) is 18.9 Å². The van der Waals surface area contributed by atoms with E-state index in [0.717, 1.165) is 38.3 Å². The molecule has 0 saturated carbocycles. The first-order chi connectivity index (χ1) is 10.5. The lowest BCUT2D eigenvalue weighted by Gasteiger charge is -2.38. The molecule has 2 fully saturated rings. The van der Waals surface area contributed by atoms with Crippen LogP contribution in [0.2, 0.25) is 0 Å². The Morgan fingerprint density at radius 3 is 2.83 bits per heavy atom. The minimum Gasteiger partial charge on any atom is -0.336 e. The molecule has 0 radical (unpaired) electrons. The lowest BCUT2D eigenvalue weighted by atomic mass is 9.89. The van der Waals surface area contributed by atoms with Gasteiger partial charge < -0.3 is 10.2 Å². The molecule has 2 heterocycles. The number of halogens is 2. The highest BCUT2D eigenvalue weighted by Gasteiger charge is 2.33. The van der Waals surface area contributed by atoms with Crippen molar-refractivity contribution in [2.24, 2.45) is 5.41 Å². The molecule has 1 amide bonds. The van der Waals surface area contributed by atoms with Gasteiger partial charge in [0.15, 0.2) is 0 Å². The van der Waals surface area contributed by atoms with Crippen molar-refractivity contribution in [1.82, 2.24) is 15.1 Å². The zero-order valence-electron chi connectivity index (χ0n) is 13.6. The van der Waals surface area contributed by atoms with Crippen LogP contribution in [-0.2, 0) is 11.3 Å². The van der Waals surface area contributed by atoms with Gasteiger partial charge in [0.2, 0.25) is 5.91 Å². The number of piperazine rings is 1. The van der Waals surface area contributed by atoms with Crippen LogP contribution in [0.4, 0.5) is 4.39 Å². The molecule has 0 aliphatic carbocycles. The van der Waals surface area contributed by atoms with E-state index in [1.54, 1.807) is 6.07 Å². The molecule has 2 aliphatic heterocycles. The van der Waals surface area contributed by atoms with Crippen LogP contribution in [0.15, 0.2) is 24.3 Å². The Morgan fingerprint density at radius 1 is 1.35 bits per heavy atom. The number of hydrogen-bond donors (Lipinski definition) is 1. The number of carbonyl (C=O) groups is 1. The van der Waals surface area contributed by atoms with Crippen molar-refractivity contribution in [2.45, 2.75) is 19.9 Å². The summed E-state index contributed by atoms with van der Waals surface area (Å²) in [6.45, 7) is 7.97. The molecule has 1 atom stereocenters. The monoisotopic (exact) mass is 341 g/mol. The second-order valence-electron chi connectivity index (χ2n) is 6.89. The predicted octanol–water partition coefficient (Wildman–Crippen LogP) is 1.89. The molecule has 1 N–H and O–H groups in total. The molecule has 23 heavy (non-hydrogen) atoms. The number of nitrogens with one attached hydrogen (secondary N) is 1. The van der Waals surface area contributed by atoms with Gasteiger partial charge >= 0.3 is 0 Å². The number of carbonyl (C=O) groups excluding carboxylic acids is 1. The van der Waals surface area contributed by atoms with Gasteiger partial charge in [0.1, 0.15) is 5.82 Å². The van der Waals surface area contributed by atoms with E-state index in [9.17, 15) is 9.18 Å². The summed E-state index contributed by atoms with van der Waals surface area (Å²) in [6.07, 6.45) is 1.17. The fourth-order valence-corrected chi connectivity index (χ4v) is 3.46. The summed E-state index contributed by atoms with van der Waals surface area (Å²) < 4.78 is 13.2. The summed E-state index contributed by atoms with van der Waals surface area (Å²) in [5, 5.41) is 3.40. The average Bonchev–Trinajstić information content (AvgIpc) is 2.88. The zero-order valence-corrected chi connectivity index (χ0v) is 14.4. The van der Waals surface area contributed by atoms with Gasteiger partial charge in [0.25, 0.3) is 0 Å². The fraction of sp³-hybridized carbons (Fsp3) is 0.588. The van der Waals surface area contributed by atoms with Crippen molar-refractivity contribution >= 4 is 18.3 Å². The second-order valence-corrected chi connectivity index (χ2v) is 6.89. The maximum Gasteiger partial charge on any atom is 0.237 e. The standard InChI is InChI=1S/C17H24FN3O.ClH/c1-17(5-6-19-12-17)13-20-7-8-21(16(22)11-20)10-14-3-2-4-15(18)9-14;/h2-4,9,19H,5-8,10-13H2,1H3;1H. The summed E-state index contributed by atoms with van der Waals surface area (Å²) in [4.78, 5) is 16.4. The second kappa shape index (κ2) is 7.60. The van der Waals surface area contributed by atoms with E-state index in [0.29, 0.717) is 13.1 Å². The molecule has 0 spiro atoms. The van der Waals surface area contributed by atoms with Gasteiger partial charge in [0, 0.05) is 32.7 Å². The topological polar surface area (TPSA) is 35.6 Å². The lowest BCUT2D eigenvalue weighted by molar-refractivity contribution is -0.137. The Hall–Kier alpha value is -1.17. The number of hydrogen-bond acceptors (Lipinski definition) is 3. The zero-order chi connectivity index (χ0) is 15.6. The molecule has 0 aromatic heterocycles. The van der Waals surface area contributed by atoms with Crippen LogP contribution < -0.4 is 5.32 Å². The van der Waals surface area contributed by atoms with Gasteiger partial charge in [-0.1, -0.05) is 19.1 Å². The molecule has 3 rings (SSSR count). The molecule has 1 aromatic carbocycles. The molecule has 1 unspecified atom stereocenters. The van der Waals surface area contributed by atoms with Gasteiger partial charge in [0.05, 0.1) is 6.54 Å². The Balaban J connectivity index is 0.00000192. The molecule has 4 nitrogen and oxygen atoms in total. The van der Waals surface area contributed by atoms with E-state index in [-0.39, 0.29) is 29.5 Å². The normalized spacial score (nSPS) is 25.5. The van der Waals surface area contributed by atoms with E-state index >= 15 is 0 Å². The smallest absolute Gasteiger partial charge is 0.237 e. The number of nitrogens with zero attached hydrogens (tertiary/aromatic N) is 2. The third kappa shape index (κ3) is 4.66. The lowest BCUT2D eigenvalue weighted by Crippen LogP contribution is -2.52. The van der Waals surface area contributed by atoms with E-state index in [1.807, 2.05) is 11.0 Å². The van der Waals surface area contributed by atoms with Gasteiger partial charge in [-0.05, 0) is 36.1 Å². The van der Waals surface area contributed by atoms with E-state index < -0.39 is 0 Å². The van der Waals surface area contributed by atoms with Gasteiger partial charge in [-0.25, -0.2) is 4.39 Å². The highest BCUT2D eigenvalue weighted by molar-refractivity contribution is 5.85. The number of rotatable bonds is 4. The van der Waals surface area contributed by atoms with Crippen LogP contribution in [-0.4, -0.2) is 55.0 Å². The Morgan fingerprint density at radius 2 is 2.17 bits per heavy atom.